The van der Waals surface area contributed by atoms with E-state index in [9.17, 15) is 4.79 Å². The van der Waals surface area contributed by atoms with E-state index >= 15 is 0 Å². The second-order valence-corrected chi connectivity index (χ2v) is 6.25. The first-order chi connectivity index (χ1) is 11.2. The molecule has 1 aromatic heterocycles. The third-order valence-electron chi connectivity index (χ3n) is 4.55. The van der Waals surface area contributed by atoms with Gasteiger partial charge in [-0.25, -0.2) is 4.98 Å². The number of rotatable bonds is 4. The van der Waals surface area contributed by atoms with Gasteiger partial charge in [0.15, 0.2) is 0 Å². The van der Waals surface area contributed by atoms with Crippen LogP contribution >= 0.6 is 0 Å². The molecule has 0 spiro atoms. The molecule has 1 unspecified atom stereocenters. The van der Waals surface area contributed by atoms with Crippen molar-refractivity contribution in [1.29, 1.82) is 0 Å². The fourth-order valence-electron chi connectivity index (χ4n) is 2.94. The predicted molar refractivity (Wildman–Crippen MR) is 90.7 cm³/mol. The van der Waals surface area contributed by atoms with Crippen molar-refractivity contribution in [3.8, 4) is 5.69 Å². The summed E-state index contributed by atoms with van der Waals surface area (Å²) in [4.78, 5) is 16.7. The van der Waals surface area contributed by atoms with Gasteiger partial charge in [-0.15, -0.1) is 0 Å². The van der Waals surface area contributed by atoms with Gasteiger partial charge in [0.2, 0.25) is 0 Å². The molecule has 2 aromatic carbocycles. The lowest BCUT2D eigenvalue weighted by Gasteiger charge is -2.13. The first kappa shape index (κ1) is 14.0. The summed E-state index contributed by atoms with van der Waals surface area (Å²) in [6.07, 6.45) is 4.27. The van der Waals surface area contributed by atoms with Crippen LogP contribution in [0.1, 0.15) is 30.1 Å². The molecule has 0 bridgehead atoms. The van der Waals surface area contributed by atoms with Crippen molar-refractivity contribution in [2.75, 3.05) is 0 Å². The summed E-state index contributed by atoms with van der Waals surface area (Å²) in [5.74, 6) is 0.668. The molecule has 1 fully saturated rings. The molecule has 116 valence electrons. The van der Waals surface area contributed by atoms with E-state index in [2.05, 4.69) is 17.2 Å². The highest BCUT2D eigenvalue weighted by Gasteiger charge is 2.29. The van der Waals surface area contributed by atoms with Gasteiger partial charge in [-0.3, -0.25) is 9.36 Å². The Hall–Kier alpha value is -2.62. The quantitative estimate of drug-likeness (QED) is 0.801. The zero-order valence-electron chi connectivity index (χ0n) is 13.1. The fraction of sp³-hybridized carbons (Fsp3) is 0.263. The molecule has 0 radical (unpaired) electrons. The van der Waals surface area contributed by atoms with E-state index in [0.717, 1.165) is 16.7 Å². The van der Waals surface area contributed by atoms with Crippen LogP contribution < -0.4 is 5.32 Å². The summed E-state index contributed by atoms with van der Waals surface area (Å²) < 4.78 is 2.03. The van der Waals surface area contributed by atoms with Gasteiger partial charge in [-0.1, -0.05) is 12.1 Å². The number of amides is 1. The minimum Gasteiger partial charge on any atom is -0.349 e. The normalized spacial score (nSPS) is 15.5. The number of carbonyl (C=O) groups excluding carboxylic acids is 1. The number of hydrogen-bond acceptors (Lipinski definition) is 2. The number of nitrogens with one attached hydrogen (secondary N) is 1. The van der Waals surface area contributed by atoms with Gasteiger partial charge < -0.3 is 5.32 Å². The maximum absolute atomic E-state index is 12.3. The lowest BCUT2D eigenvalue weighted by molar-refractivity contribution is 0.0936. The Morgan fingerprint density at radius 1 is 1.17 bits per heavy atom. The molecule has 4 heteroatoms. The first-order valence-electron chi connectivity index (χ1n) is 8.06. The summed E-state index contributed by atoms with van der Waals surface area (Å²) in [5.41, 5.74) is 3.73. The highest BCUT2D eigenvalue weighted by molar-refractivity contribution is 5.94. The van der Waals surface area contributed by atoms with Gasteiger partial charge in [0.1, 0.15) is 6.33 Å². The van der Waals surface area contributed by atoms with Crippen molar-refractivity contribution in [2.45, 2.75) is 25.8 Å². The highest BCUT2D eigenvalue weighted by Crippen LogP contribution is 2.32. The van der Waals surface area contributed by atoms with Crippen molar-refractivity contribution in [3.05, 3.63) is 60.4 Å². The van der Waals surface area contributed by atoms with Gasteiger partial charge in [0, 0.05) is 17.3 Å². The number of carbonyl (C=O) groups is 1. The van der Waals surface area contributed by atoms with Crippen LogP contribution in [0.25, 0.3) is 16.7 Å². The van der Waals surface area contributed by atoms with Gasteiger partial charge in [0.05, 0.1) is 11.0 Å². The molecule has 1 atom stereocenters. The zero-order chi connectivity index (χ0) is 15.8. The topological polar surface area (TPSA) is 46.9 Å². The molecule has 1 aliphatic rings. The molecule has 0 saturated heterocycles. The molecule has 23 heavy (non-hydrogen) atoms. The Bertz CT molecular complexity index is 846. The Balaban J connectivity index is 1.56. The average Bonchev–Trinajstić information content (AvgIpc) is 3.35. The minimum atomic E-state index is 0.00596. The van der Waals surface area contributed by atoms with Crippen LogP contribution in [0.3, 0.4) is 0 Å². The Kier molecular flexibility index (Phi) is 3.37. The van der Waals surface area contributed by atoms with E-state index in [1.807, 2.05) is 59.4 Å². The lowest BCUT2D eigenvalue weighted by Crippen LogP contribution is -2.33. The van der Waals surface area contributed by atoms with Gasteiger partial charge in [-0.2, -0.15) is 0 Å². The van der Waals surface area contributed by atoms with Gasteiger partial charge in [-0.05, 0) is 62.1 Å². The summed E-state index contributed by atoms with van der Waals surface area (Å²) in [7, 11) is 0. The number of para-hydroxylation sites is 2. The summed E-state index contributed by atoms with van der Waals surface area (Å²) in [5, 5.41) is 3.08. The van der Waals surface area contributed by atoms with E-state index in [0.29, 0.717) is 11.5 Å². The van der Waals surface area contributed by atoms with E-state index in [1.54, 1.807) is 0 Å². The largest absolute Gasteiger partial charge is 0.349 e. The molecular weight excluding hydrogens is 286 g/mol. The standard InChI is InChI=1S/C19H19N3O/c1-13(14-6-7-14)21-19(23)15-8-10-16(11-9-15)22-12-20-17-4-2-3-5-18(17)22/h2-5,8-14H,6-7H2,1H3,(H,21,23). The molecule has 4 nitrogen and oxygen atoms in total. The third kappa shape index (κ3) is 2.72. The Labute approximate surface area is 135 Å². The van der Waals surface area contributed by atoms with Crippen LogP contribution in [-0.4, -0.2) is 21.5 Å². The molecule has 1 saturated carbocycles. The van der Waals surface area contributed by atoms with Gasteiger partial charge >= 0.3 is 0 Å². The first-order valence-corrected chi connectivity index (χ1v) is 8.06. The monoisotopic (exact) mass is 305 g/mol. The molecule has 1 aliphatic carbocycles. The lowest BCUT2D eigenvalue weighted by atomic mass is 10.1. The number of hydrogen-bond donors (Lipinski definition) is 1. The zero-order valence-corrected chi connectivity index (χ0v) is 13.1. The van der Waals surface area contributed by atoms with E-state index < -0.39 is 0 Å². The van der Waals surface area contributed by atoms with Crippen LogP contribution in [0.4, 0.5) is 0 Å². The molecule has 1 amide bonds. The number of aromatic nitrogens is 2. The number of nitrogens with zero attached hydrogens (tertiary/aromatic N) is 2. The van der Waals surface area contributed by atoms with E-state index in [1.165, 1.54) is 12.8 Å². The molecule has 4 rings (SSSR count). The van der Waals surface area contributed by atoms with Crippen LogP contribution in [0.2, 0.25) is 0 Å². The molecule has 3 aromatic rings. The predicted octanol–water partition coefficient (Wildman–Crippen LogP) is 3.55. The molecular formula is C19H19N3O. The van der Waals surface area contributed by atoms with Crippen molar-refractivity contribution in [1.82, 2.24) is 14.9 Å². The smallest absolute Gasteiger partial charge is 0.251 e. The maximum atomic E-state index is 12.3. The molecule has 1 N–H and O–H groups in total. The van der Waals surface area contributed by atoms with E-state index in [4.69, 9.17) is 0 Å². The Morgan fingerprint density at radius 2 is 1.91 bits per heavy atom. The van der Waals surface area contributed by atoms with Crippen molar-refractivity contribution < 1.29 is 4.79 Å². The number of fused-ring (bicyclic) bond motifs is 1. The second kappa shape index (κ2) is 5.54. The molecule has 1 heterocycles. The van der Waals surface area contributed by atoms with E-state index in [-0.39, 0.29) is 11.9 Å². The summed E-state index contributed by atoms with van der Waals surface area (Å²) >= 11 is 0. The number of benzene rings is 2. The van der Waals surface area contributed by atoms with Gasteiger partial charge in [0.25, 0.3) is 5.91 Å². The molecule has 0 aliphatic heterocycles. The second-order valence-electron chi connectivity index (χ2n) is 6.25. The fourth-order valence-corrected chi connectivity index (χ4v) is 2.94. The van der Waals surface area contributed by atoms with Crippen LogP contribution in [-0.2, 0) is 0 Å². The summed E-state index contributed by atoms with van der Waals surface area (Å²) in [6, 6.07) is 16.0. The van der Waals surface area contributed by atoms with Crippen molar-refractivity contribution in [2.24, 2.45) is 5.92 Å². The van der Waals surface area contributed by atoms with Crippen LogP contribution in [0.15, 0.2) is 54.9 Å². The minimum absolute atomic E-state index is 0.00596. The van der Waals surface area contributed by atoms with Crippen LogP contribution in [0, 0.1) is 5.92 Å². The SMILES string of the molecule is CC(NC(=O)c1ccc(-n2cnc3ccccc32)cc1)C1CC1. The maximum Gasteiger partial charge on any atom is 0.251 e. The van der Waals surface area contributed by atoms with Crippen molar-refractivity contribution >= 4 is 16.9 Å². The third-order valence-corrected chi connectivity index (χ3v) is 4.55. The van der Waals surface area contributed by atoms with Crippen LogP contribution in [0.5, 0.6) is 0 Å². The number of imidazole rings is 1. The summed E-state index contributed by atoms with van der Waals surface area (Å²) in [6.45, 7) is 2.08. The Morgan fingerprint density at radius 3 is 2.65 bits per heavy atom. The highest BCUT2D eigenvalue weighted by atomic mass is 16.1. The van der Waals surface area contributed by atoms with Crippen molar-refractivity contribution in [3.63, 3.8) is 0 Å². The average molecular weight is 305 g/mol.